The van der Waals surface area contributed by atoms with E-state index in [0.29, 0.717) is 0 Å². The summed E-state index contributed by atoms with van der Waals surface area (Å²) in [6.45, 7) is 0.0595. The molecular weight excluding hydrogens is 711 g/mol. The molecule has 9 aromatic rings. The van der Waals surface area contributed by atoms with Crippen molar-refractivity contribution in [2.75, 3.05) is 9.80 Å². The lowest BCUT2D eigenvalue weighted by atomic mass is 9.19. The number of pyridine rings is 1. The second-order valence-electron chi connectivity index (χ2n) is 15.8. The van der Waals surface area contributed by atoms with Crippen molar-refractivity contribution >= 4 is 103 Å². The number of rotatable bonds is 5. The first-order chi connectivity index (χ1) is 29.3. The summed E-state index contributed by atoms with van der Waals surface area (Å²) in [5.74, 6) is 0. The van der Waals surface area contributed by atoms with Gasteiger partial charge in [0, 0.05) is 46.5 Å². The minimum absolute atomic E-state index is 0.0295. The van der Waals surface area contributed by atoms with E-state index in [9.17, 15) is 0 Å². The number of fused-ring (bicyclic) bond motifs is 7. The van der Waals surface area contributed by atoms with Gasteiger partial charge >= 0.3 is 0 Å². The quantitative estimate of drug-likeness (QED) is 0.197. The summed E-state index contributed by atoms with van der Waals surface area (Å²) in [7, 11) is 0. The van der Waals surface area contributed by atoms with E-state index in [0.717, 1.165) is 22.5 Å². The molecule has 0 saturated carbocycles. The third-order valence-corrected chi connectivity index (χ3v) is 12.7. The Hall–Kier alpha value is -7.30. The Labute approximate surface area is 346 Å². The van der Waals surface area contributed by atoms with Gasteiger partial charge in [-0.15, -0.1) is 0 Å². The van der Waals surface area contributed by atoms with Crippen molar-refractivity contribution in [3.05, 3.63) is 219 Å². The topological polar surface area (TPSA) is 19.4 Å². The number of para-hydroxylation sites is 3. The molecule has 12 rings (SSSR count). The first-order valence-corrected chi connectivity index (χ1v) is 20.6. The molecular formula is C53H36B3N3. The van der Waals surface area contributed by atoms with Crippen LogP contribution in [0.4, 0.5) is 34.1 Å². The van der Waals surface area contributed by atoms with Gasteiger partial charge in [0.15, 0.2) is 0 Å². The molecule has 59 heavy (non-hydrogen) atoms. The highest BCUT2D eigenvalue weighted by atomic mass is 15.2. The van der Waals surface area contributed by atoms with Crippen LogP contribution in [-0.4, -0.2) is 25.1 Å². The molecule has 1 aromatic heterocycles. The Kier molecular flexibility index (Phi) is 7.84. The fraction of sp³-hybridized carbons (Fsp3) is 0. The van der Waals surface area contributed by atoms with Crippen LogP contribution in [0.2, 0.25) is 0 Å². The lowest BCUT2D eigenvalue weighted by Gasteiger charge is -2.47. The van der Waals surface area contributed by atoms with E-state index in [2.05, 4.69) is 215 Å². The molecule has 0 unspecified atom stereocenters. The van der Waals surface area contributed by atoms with Gasteiger partial charge in [-0.2, -0.15) is 0 Å². The van der Waals surface area contributed by atoms with E-state index in [1.807, 2.05) is 18.5 Å². The van der Waals surface area contributed by atoms with Crippen molar-refractivity contribution in [1.29, 1.82) is 0 Å². The van der Waals surface area contributed by atoms with Crippen LogP contribution in [-0.2, 0) is 0 Å². The second-order valence-corrected chi connectivity index (χ2v) is 15.8. The third-order valence-electron chi connectivity index (χ3n) is 12.7. The van der Waals surface area contributed by atoms with Gasteiger partial charge in [0.1, 0.15) is 0 Å². The maximum atomic E-state index is 4.42. The average Bonchev–Trinajstić information content (AvgIpc) is 3.32. The first kappa shape index (κ1) is 33.8. The van der Waals surface area contributed by atoms with Crippen LogP contribution in [0.3, 0.4) is 0 Å². The summed E-state index contributed by atoms with van der Waals surface area (Å²) in [6.07, 6.45) is 3.77. The van der Waals surface area contributed by atoms with Crippen molar-refractivity contribution in [2.45, 2.75) is 0 Å². The average molecular weight is 747 g/mol. The number of hydrogen-bond donors (Lipinski definition) is 0. The standard InChI is InChI=1S/C53H36B3N3/c1-4-18-39(19-5-1)54-43-24-10-11-25-44(43)56-46-27-13-15-29-49(46)59(41-22-8-3-9-23-41)53-51(56)47(54)35-50-52(53)55(40-20-6-2-7-21-40)45-26-12-14-28-48(45)58(50)42-32-30-37(31-33-42)38-17-16-34-57-36-38/h1-36H. The highest BCUT2D eigenvalue weighted by Crippen LogP contribution is 2.42. The highest BCUT2D eigenvalue weighted by molar-refractivity contribution is 7.13. The van der Waals surface area contributed by atoms with Gasteiger partial charge in [0.05, 0.1) is 0 Å². The maximum absolute atomic E-state index is 4.42. The van der Waals surface area contributed by atoms with Gasteiger partial charge in [0.25, 0.3) is 0 Å². The van der Waals surface area contributed by atoms with Gasteiger partial charge in [0.2, 0.25) is 20.1 Å². The lowest BCUT2D eigenvalue weighted by molar-refractivity contribution is 1.27. The van der Waals surface area contributed by atoms with E-state index in [-0.39, 0.29) is 20.1 Å². The molecule has 272 valence electrons. The molecule has 0 N–H and O–H groups in total. The fourth-order valence-corrected chi connectivity index (χ4v) is 10.4. The summed E-state index contributed by atoms with van der Waals surface area (Å²) in [5, 5.41) is 0. The predicted octanol–water partition coefficient (Wildman–Crippen LogP) is 6.18. The van der Waals surface area contributed by atoms with Gasteiger partial charge in [-0.1, -0.05) is 185 Å². The largest absolute Gasteiger partial charge is 0.312 e. The van der Waals surface area contributed by atoms with Crippen LogP contribution in [0.15, 0.2) is 219 Å². The summed E-state index contributed by atoms with van der Waals surface area (Å²) in [6, 6.07) is 76.5. The van der Waals surface area contributed by atoms with Crippen LogP contribution in [0.5, 0.6) is 0 Å². The molecule has 3 nitrogen and oxygen atoms in total. The smallest absolute Gasteiger partial charge is 0.249 e. The van der Waals surface area contributed by atoms with E-state index in [1.165, 1.54) is 71.9 Å². The highest BCUT2D eigenvalue weighted by Gasteiger charge is 2.49. The van der Waals surface area contributed by atoms with Crippen molar-refractivity contribution in [3.63, 3.8) is 0 Å². The number of aromatic nitrogens is 1. The summed E-state index contributed by atoms with van der Waals surface area (Å²) < 4.78 is 0. The van der Waals surface area contributed by atoms with E-state index >= 15 is 0 Å². The molecule has 0 aliphatic carbocycles. The van der Waals surface area contributed by atoms with Crippen LogP contribution in [0, 0.1) is 0 Å². The third kappa shape index (κ3) is 5.23. The normalized spacial score (nSPS) is 13.3. The Bertz CT molecular complexity index is 3000. The molecule has 0 atom stereocenters. The molecule has 0 bridgehead atoms. The van der Waals surface area contributed by atoms with Crippen molar-refractivity contribution in [2.24, 2.45) is 0 Å². The summed E-state index contributed by atoms with van der Waals surface area (Å²) in [4.78, 5) is 9.55. The monoisotopic (exact) mass is 747 g/mol. The van der Waals surface area contributed by atoms with Gasteiger partial charge in [-0.3, -0.25) is 4.98 Å². The number of anilines is 6. The lowest BCUT2D eigenvalue weighted by Crippen LogP contribution is -2.78. The zero-order valence-electron chi connectivity index (χ0n) is 32.4. The zero-order chi connectivity index (χ0) is 38.9. The number of nitrogens with zero attached hydrogens (tertiary/aromatic N) is 3. The van der Waals surface area contributed by atoms with Crippen molar-refractivity contribution < 1.29 is 0 Å². The molecule has 0 saturated heterocycles. The molecule has 3 aliphatic rings. The van der Waals surface area contributed by atoms with Crippen LogP contribution < -0.4 is 59.0 Å². The van der Waals surface area contributed by atoms with Crippen molar-refractivity contribution in [3.8, 4) is 11.1 Å². The molecule has 0 spiro atoms. The molecule has 8 aromatic carbocycles. The molecule has 0 radical (unpaired) electrons. The Morgan fingerprint density at radius 1 is 0.339 bits per heavy atom. The van der Waals surface area contributed by atoms with Crippen LogP contribution in [0.25, 0.3) is 11.1 Å². The minimum Gasteiger partial charge on any atom is -0.312 e. The zero-order valence-corrected chi connectivity index (χ0v) is 32.4. The van der Waals surface area contributed by atoms with Gasteiger partial charge < -0.3 is 9.80 Å². The van der Waals surface area contributed by atoms with E-state index in [1.54, 1.807) is 0 Å². The molecule has 0 amide bonds. The Balaban J connectivity index is 1.24. The molecule has 3 aliphatic heterocycles. The number of benzene rings is 8. The van der Waals surface area contributed by atoms with Crippen LogP contribution >= 0.6 is 0 Å². The predicted molar refractivity (Wildman–Crippen MR) is 252 cm³/mol. The molecule has 0 fully saturated rings. The number of hydrogen-bond acceptors (Lipinski definition) is 3. The summed E-state index contributed by atoms with van der Waals surface area (Å²) in [5.41, 5.74) is 21.5. The molecule has 6 heteroatoms. The molecule has 4 heterocycles. The van der Waals surface area contributed by atoms with E-state index < -0.39 is 0 Å². The Morgan fingerprint density at radius 3 is 1.51 bits per heavy atom. The SMILES string of the molecule is c1ccc(B2c3ccccc3B3c4ccccc4N(c4ccccc4)c4c3c2cc2c4B(c3ccccc3)c3ccccc3N2c2ccc(-c3cccnc3)cc2)cc1. The van der Waals surface area contributed by atoms with Crippen molar-refractivity contribution in [1.82, 2.24) is 4.98 Å². The minimum atomic E-state index is -0.0295. The summed E-state index contributed by atoms with van der Waals surface area (Å²) >= 11 is 0. The van der Waals surface area contributed by atoms with Gasteiger partial charge in [-0.25, -0.2) is 0 Å². The second kappa shape index (κ2) is 13.7. The fourth-order valence-electron chi connectivity index (χ4n) is 10.4. The first-order valence-electron chi connectivity index (χ1n) is 20.6. The van der Waals surface area contributed by atoms with Crippen LogP contribution in [0.1, 0.15) is 0 Å². The Morgan fingerprint density at radius 2 is 0.864 bits per heavy atom. The van der Waals surface area contributed by atoms with Gasteiger partial charge in [-0.05, 0) is 81.5 Å². The van der Waals surface area contributed by atoms with E-state index in [4.69, 9.17) is 0 Å². The maximum Gasteiger partial charge on any atom is 0.249 e.